The monoisotopic (exact) mass is 425 g/mol. The number of hydrogen-bond acceptors (Lipinski definition) is 7. The highest BCUT2D eigenvalue weighted by atomic mass is 16.6. The van der Waals surface area contributed by atoms with Gasteiger partial charge in [0.1, 0.15) is 12.4 Å². The summed E-state index contributed by atoms with van der Waals surface area (Å²) in [5.74, 6) is 0.395. The highest BCUT2D eigenvalue weighted by molar-refractivity contribution is 6.04. The van der Waals surface area contributed by atoms with Gasteiger partial charge in [0, 0.05) is 29.7 Å². The molecule has 0 bridgehead atoms. The van der Waals surface area contributed by atoms with Crippen molar-refractivity contribution in [2.75, 3.05) is 32.8 Å². The van der Waals surface area contributed by atoms with Gasteiger partial charge in [0.2, 0.25) is 0 Å². The number of nitrogens with zero attached hydrogens (tertiary/aromatic N) is 2. The Morgan fingerprint density at radius 2 is 1.90 bits per heavy atom. The molecule has 2 aromatic carbocycles. The zero-order chi connectivity index (χ0) is 22.1. The first-order valence-corrected chi connectivity index (χ1v) is 9.48. The predicted molar refractivity (Wildman–Crippen MR) is 113 cm³/mol. The van der Waals surface area contributed by atoms with Crippen LogP contribution in [-0.2, 0) is 16.1 Å². The number of nitrogens with one attached hydrogen (secondary N) is 1. The van der Waals surface area contributed by atoms with Crippen molar-refractivity contribution in [3.05, 3.63) is 66.5 Å². The Bertz CT molecular complexity index is 1020. The summed E-state index contributed by atoms with van der Waals surface area (Å²) >= 11 is 0. The van der Waals surface area contributed by atoms with Crippen LogP contribution >= 0.6 is 0 Å². The quantitative estimate of drug-likeness (QED) is 0.499. The van der Waals surface area contributed by atoms with E-state index in [0.29, 0.717) is 35.9 Å². The lowest BCUT2D eigenvalue weighted by Gasteiger charge is -2.12. The number of benzene rings is 2. The fourth-order valence-corrected chi connectivity index (χ4v) is 2.68. The molecule has 31 heavy (non-hydrogen) atoms. The Balaban J connectivity index is 1.63. The van der Waals surface area contributed by atoms with Crippen LogP contribution < -0.4 is 19.5 Å². The van der Waals surface area contributed by atoms with Crippen molar-refractivity contribution in [3.8, 4) is 17.2 Å². The van der Waals surface area contributed by atoms with Crippen LogP contribution in [0.15, 0.2) is 60.9 Å². The number of aromatic nitrogens is 2. The maximum Gasteiger partial charge on any atom is 0.343 e. The van der Waals surface area contributed by atoms with Crippen molar-refractivity contribution in [1.82, 2.24) is 9.78 Å². The third kappa shape index (κ3) is 6.23. The van der Waals surface area contributed by atoms with Gasteiger partial charge in [0.15, 0.2) is 18.1 Å². The second-order valence-corrected chi connectivity index (χ2v) is 6.33. The van der Waals surface area contributed by atoms with Crippen LogP contribution in [0.2, 0.25) is 0 Å². The van der Waals surface area contributed by atoms with Gasteiger partial charge in [-0.25, -0.2) is 4.79 Å². The molecule has 1 N–H and O–H groups in total. The zero-order valence-electron chi connectivity index (χ0n) is 17.2. The molecule has 9 nitrogen and oxygen atoms in total. The third-order valence-corrected chi connectivity index (χ3v) is 4.24. The molecule has 0 saturated carbocycles. The second-order valence-electron chi connectivity index (χ2n) is 6.33. The SMILES string of the molecule is COC(=O)COc1cc(C(=O)Nc2cccc(OCCn3cccn3)c2)ccc1OC. The van der Waals surface area contributed by atoms with Gasteiger partial charge in [-0.05, 0) is 36.4 Å². The number of methoxy groups -OCH3 is 2. The van der Waals surface area contributed by atoms with Crippen LogP contribution in [0.3, 0.4) is 0 Å². The first kappa shape index (κ1) is 21.7. The molecule has 162 valence electrons. The summed E-state index contributed by atoms with van der Waals surface area (Å²) < 4.78 is 22.7. The molecule has 0 aliphatic rings. The van der Waals surface area contributed by atoms with Crippen molar-refractivity contribution in [1.29, 1.82) is 0 Å². The molecule has 0 fully saturated rings. The summed E-state index contributed by atoms with van der Waals surface area (Å²) in [5.41, 5.74) is 0.917. The zero-order valence-corrected chi connectivity index (χ0v) is 17.2. The fourth-order valence-electron chi connectivity index (χ4n) is 2.68. The molecule has 0 spiro atoms. The van der Waals surface area contributed by atoms with Crippen LogP contribution in [0.4, 0.5) is 5.69 Å². The summed E-state index contributed by atoms with van der Waals surface area (Å²) in [5, 5.41) is 6.94. The minimum Gasteiger partial charge on any atom is -0.493 e. The maximum absolute atomic E-state index is 12.7. The molecule has 0 atom stereocenters. The predicted octanol–water partition coefficient (Wildman–Crippen LogP) is 2.77. The topological polar surface area (TPSA) is 101 Å². The van der Waals surface area contributed by atoms with Gasteiger partial charge in [-0.3, -0.25) is 9.48 Å². The van der Waals surface area contributed by atoms with E-state index in [1.165, 1.54) is 20.3 Å². The van der Waals surface area contributed by atoms with Gasteiger partial charge >= 0.3 is 5.97 Å². The van der Waals surface area contributed by atoms with Gasteiger partial charge in [-0.15, -0.1) is 0 Å². The number of rotatable bonds is 10. The minimum absolute atomic E-state index is 0.260. The van der Waals surface area contributed by atoms with Gasteiger partial charge in [-0.1, -0.05) is 6.07 Å². The smallest absolute Gasteiger partial charge is 0.343 e. The molecular formula is C22H23N3O6. The molecule has 3 rings (SSSR count). The molecule has 1 amide bonds. The van der Waals surface area contributed by atoms with Crippen LogP contribution in [0.25, 0.3) is 0 Å². The molecule has 0 radical (unpaired) electrons. The molecule has 3 aromatic rings. The molecule has 1 heterocycles. The van der Waals surface area contributed by atoms with Crippen LogP contribution in [0.5, 0.6) is 17.2 Å². The number of carbonyl (C=O) groups is 2. The third-order valence-electron chi connectivity index (χ3n) is 4.24. The lowest BCUT2D eigenvalue weighted by Crippen LogP contribution is -2.15. The normalized spacial score (nSPS) is 10.3. The van der Waals surface area contributed by atoms with Gasteiger partial charge in [0.25, 0.3) is 5.91 Å². The van der Waals surface area contributed by atoms with E-state index in [2.05, 4.69) is 15.2 Å². The standard InChI is InChI=1S/C22H23N3O6/c1-28-19-8-7-16(13-20(19)31-15-21(26)29-2)22(27)24-17-5-3-6-18(14-17)30-12-11-25-10-4-9-23-25/h3-10,13-14H,11-12,15H2,1-2H3,(H,24,27). The Kier molecular flexibility index (Phi) is 7.47. The Morgan fingerprint density at radius 3 is 2.65 bits per heavy atom. The van der Waals surface area contributed by atoms with E-state index in [4.69, 9.17) is 14.2 Å². The fraction of sp³-hybridized carbons (Fsp3) is 0.227. The lowest BCUT2D eigenvalue weighted by atomic mass is 10.1. The average Bonchev–Trinajstić information content (AvgIpc) is 3.31. The van der Waals surface area contributed by atoms with Crippen LogP contribution in [0.1, 0.15) is 10.4 Å². The molecule has 0 saturated heterocycles. The Morgan fingerprint density at radius 1 is 1.03 bits per heavy atom. The van der Waals surface area contributed by atoms with Crippen molar-refractivity contribution in [3.63, 3.8) is 0 Å². The Hall–Kier alpha value is -4.01. The van der Waals surface area contributed by atoms with Crippen molar-refractivity contribution in [2.24, 2.45) is 0 Å². The van der Waals surface area contributed by atoms with E-state index in [-0.39, 0.29) is 18.3 Å². The van der Waals surface area contributed by atoms with E-state index < -0.39 is 5.97 Å². The summed E-state index contributed by atoms with van der Waals surface area (Å²) in [4.78, 5) is 24.0. The van der Waals surface area contributed by atoms with E-state index >= 15 is 0 Å². The first-order valence-electron chi connectivity index (χ1n) is 9.48. The van der Waals surface area contributed by atoms with Crippen LogP contribution in [0, 0.1) is 0 Å². The molecule has 0 aliphatic carbocycles. The van der Waals surface area contributed by atoms with E-state index in [0.717, 1.165) is 0 Å². The van der Waals surface area contributed by atoms with Gasteiger partial charge < -0.3 is 24.3 Å². The number of esters is 1. The molecule has 1 aromatic heterocycles. The van der Waals surface area contributed by atoms with Crippen molar-refractivity contribution >= 4 is 17.6 Å². The van der Waals surface area contributed by atoms with Gasteiger partial charge in [0.05, 0.1) is 20.8 Å². The van der Waals surface area contributed by atoms with Crippen molar-refractivity contribution in [2.45, 2.75) is 6.54 Å². The lowest BCUT2D eigenvalue weighted by molar-refractivity contribution is -0.142. The summed E-state index contributed by atoms with van der Waals surface area (Å²) in [7, 11) is 2.74. The van der Waals surface area contributed by atoms with Gasteiger partial charge in [-0.2, -0.15) is 5.10 Å². The number of hydrogen-bond donors (Lipinski definition) is 1. The second kappa shape index (κ2) is 10.7. The maximum atomic E-state index is 12.7. The average molecular weight is 425 g/mol. The summed E-state index contributed by atoms with van der Waals surface area (Å²) in [6.07, 6.45) is 3.57. The number of carbonyl (C=O) groups excluding carboxylic acids is 2. The summed E-state index contributed by atoms with van der Waals surface area (Å²) in [6.45, 7) is 0.762. The largest absolute Gasteiger partial charge is 0.493 e. The van der Waals surface area contributed by atoms with Crippen LogP contribution in [-0.4, -0.2) is 49.1 Å². The number of anilines is 1. The Labute approximate surface area is 179 Å². The molecule has 0 unspecified atom stereocenters. The van der Waals surface area contributed by atoms with E-state index in [9.17, 15) is 9.59 Å². The molecular weight excluding hydrogens is 402 g/mol. The van der Waals surface area contributed by atoms with E-state index in [1.807, 2.05) is 18.3 Å². The number of amides is 1. The van der Waals surface area contributed by atoms with E-state index in [1.54, 1.807) is 41.2 Å². The summed E-state index contributed by atoms with van der Waals surface area (Å²) in [6, 6.07) is 13.6. The highest BCUT2D eigenvalue weighted by Crippen LogP contribution is 2.28. The highest BCUT2D eigenvalue weighted by Gasteiger charge is 2.13. The number of ether oxygens (including phenoxy) is 4. The molecule has 0 aliphatic heterocycles. The minimum atomic E-state index is -0.540. The first-order chi connectivity index (χ1) is 15.1. The van der Waals surface area contributed by atoms with Crippen molar-refractivity contribution < 1.29 is 28.5 Å². The molecule has 9 heteroatoms.